The van der Waals surface area contributed by atoms with Gasteiger partial charge < -0.3 is 19.7 Å². The van der Waals surface area contributed by atoms with E-state index in [0.29, 0.717) is 30.2 Å². The third kappa shape index (κ3) is 4.91. The van der Waals surface area contributed by atoms with E-state index in [2.05, 4.69) is 26.1 Å². The molecule has 0 spiro atoms. The molecule has 0 aliphatic carbocycles. The second-order valence-electron chi connectivity index (χ2n) is 6.16. The number of nitriles is 1. The lowest BCUT2D eigenvalue weighted by molar-refractivity contribution is -0.112. The van der Waals surface area contributed by atoms with Crippen LogP contribution in [0.4, 0.5) is 11.4 Å². The molecule has 144 valence electrons. The third-order valence-corrected chi connectivity index (χ3v) is 4.89. The molecular formula is C21H20BrN3O3. The van der Waals surface area contributed by atoms with Crippen LogP contribution in [0.1, 0.15) is 5.56 Å². The van der Waals surface area contributed by atoms with Gasteiger partial charge in [0.2, 0.25) is 0 Å². The van der Waals surface area contributed by atoms with Crippen LogP contribution < -0.4 is 15.0 Å². The van der Waals surface area contributed by atoms with Crippen LogP contribution in [0.25, 0.3) is 6.08 Å². The van der Waals surface area contributed by atoms with Gasteiger partial charge in [-0.05, 0) is 42.5 Å². The maximum atomic E-state index is 12.5. The van der Waals surface area contributed by atoms with E-state index in [4.69, 9.17) is 9.47 Å². The van der Waals surface area contributed by atoms with Gasteiger partial charge in [-0.25, -0.2) is 0 Å². The highest BCUT2D eigenvalue weighted by Gasteiger charge is 2.15. The van der Waals surface area contributed by atoms with E-state index in [0.717, 1.165) is 23.2 Å². The number of methoxy groups -OCH3 is 1. The Bertz CT molecular complexity index is 913. The molecule has 0 saturated carbocycles. The molecule has 6 nitrogen and oxygen atoms in total. The molecule has 0 atom stereocenters. The first kappa shape index (κ1) is 19.9. The Morgan fingerprint density at radius 2 is 1.96 bits per heavy atom. The van der Waals surface area contributed by atoms with Crippen molar-refractivity contribution in [1.82, 2.24) is 0 Å². The first-order chi connectivity index (χ1) is 13.6. The predicted octanol–water partition coefficient (Wildman–Crippen LogP) is 3.84. The fourth-order valence-electron chi connectivity index (χ4n) is 2.87. The highest BCUT2D eigenvalue weighted by atomic mass is 79.9. The zero-order valence-electron chi connectivity index (χ0n) is 15.4. The van der Waals surface area contributed by atoms with Gasteiger partial charge in [0.25, 0.3) is 5.91 Å². The monoisotopic (exact) mass is 441 g/mol. The molecule has 0 radical (unpaired) electrons. The molecule has 1 N–H and O–H groups in total. The van der Waals surface area contributed by atoms with Gasteiger partial charge in [0.05, 0.1) is 20.3 Å². The Hall–Kier alpha value is -2.82. The van der Waals surface area contributed by atoms with Gasteiger partial charge in [0, 0.05) is 40.6 Å². The quantitative estimate of drug-likeness (QED) is 0.563. The van der Waals surface area contributed by atoms with Crippen LogP contribution in [-0.2, 0) is 9.53 Å². The minimum Gasteiger partial charge on any atom is -0.496 e. The molecule has 0 unspecified atom stereocenters. The average molecular weight is 442 g/mol. The number of benzene rings is 2. The lowest BCUT2D eigenvalue weighted by Crippen LogP contribution is -2.36. The van der Waals surface area contributed by atoms with Crippen molar-refractivity contribution in [1.29, 1.82) is 5.26 Å². The van der Waals surface area contributed by atoms with Crippen LogP contribution in [0, 0.1) is 11.3 Å². The number of anilines is 2. The number of amides is 1. The summed E-state index contributed by atoms with van der Waals surface area (Å²) < 4.78 is 11.8. The molecule has 2 aromatic carbocycles. The largest absolute Gasteiger partial charge is 0.496 e. The molecule has 1 amide bonds. The number of carbonyl (C=O) groups is 1. The van der Waals surface area contributed by atoms with E-state index in [1.807, 2.05) is 36.4 Å². The smallest absolute Gasteiger partial charge is 0.266 e. The van der Waals surface area contributed by atoms with E-state index in [1.165, 1.54) is 6.08 Å². The summed E-state index contributed by atoms with van der Waals surface area (Å²) in [6, 6.07) is 14.9. The summed E-state index contributed by atoms with van der Waals surface area (Å²) in [5, 5.41) is 12.2. The summed E-state index contributed by atoms with van der Waals surface area (Å²) in [5.41, 5.74) is 2.31. The van der Waals surface area contributed by atoms with Crippen LogP contribution in [0.3, 0.4) is 0 Å². The summed E-state index contributed by atoms with van der Waals surface area (Å²) >= 11 is 3.35. The van der Waals surface area contributed by atoms with Gasteiger partial charge in [-0.15, -0.1) is 0 Å². The van der Waals surface area contributed by atoms with Crippen LogP contribution in [0.15, 0.2) is 52.5 Å². The minimum absolute atomic E-state index is 0.000316. The van der Waals surface area contributed by atoms with Crippen molar-refractivity contribution in [3.05, 3.63) is 58.1 Å². The Morgan fingerprint density at radius 1 is 1.25 bits per heavy atom. The molecule has 1 aliphatic rings. The molecule has 0 bridgehead atoms. The molecule has 7 heteroatoms. The SMILES string of the molecule is COc1cc(N2CCOCC2)ccc1/C=C(/C#N)C(=O)Nc1ccc(Br)cc1. The van der Waals surface area contributed by atoms with Crippen molar-refractivity contribution in [2.45, 2.75) is 0 Å². The van der Waals surface area contributed by atoms with E-state index in [-0.39, 0.29) is 5.57 Å². The van der Waals surface area contributed by atoms with Crippen molar-refractivity contribution in [3.8, 4) is 11.8 Å². The lowest BCUT2D eigenvalue weighted by atomic mass is 10.1. The number of ether oxygens (including phenoxy) is 2. The number of hydrogen-bond acceptors (Lipinski definition) is 5. The van der Waals surface area contributed by atoms with Crippen molar-refractivity contribution in [3.63, 3.8) is 0 Å². The maximum absolute atomic E-state index is 12.5. The highest BCUT2D eigenvalue weighted by molar-refractivity contribution is 9.10. The molecule has 3 rings (SSSR count). The Kier molecular flexibility index (Phi) is 6.69. The number of morpholine rings is 1. The van der Waals surface area contributed by atoms with Gasteiger partial charge in [-0.3, -0.25) is 4.79 Å². The summed E-state index contributed by atoms with van der Waals surface area (Å²) in [7, 11) is 1.57. The lowest BCUT2D eigenvalue weighted by Gasteiger charge is -2.29. The van der Waals surface area contributed by atoms with Gasteiger partial charge in [0.1, 0.15) is 17.4 Å². The average Bonchev–Trinajstić information content (AvgIpc) is 2.74. The molecular weight excluding hydrogens is 422 g/mol. The Balaban J connectivity index is 1.81. The first-order valence-electron chi connectivity index (χ1n) is 8.80. The van der Waals surface area contributed by atoms with Gasteiger partial charge in [-0.2, -0.15) is 5.26 Å². The molecule has 1 fully saturated rings. The van der Waals surface area contributed by atoms with Gasteiger partial charge >= 0.3 is 0 Å². The molecule has 1 aliphatic heterocycles. The Morgan fingerprint density at radius 3 is 2.61 bits per heavy atom. The number of nitrogens with one attached hydrogen (secondary N) is 1. The maximum Gasteiger partial charge on any atom is 0.266 e. The van der Waals surface area contributed by atoms with E-state index in [9.17, 15) is 10.1 Å². The first-order valence-corrected chi connectivity index (χ1v) is 9.59. The fourth-order valence-corrected chi connectivity index (χ4v) is 3.14. The van der Waals surface area contributed by atoms with Crippen molar-refractivity contribution in [2.75, 3.05) is 43.6 Å². The topological polar surface area (TPSA) is 74.6 Å². The predicted molar refractivity (Wildman–Crippen MR) is 112 cm³/mol. The summed E-state index contributed by atoms with van der Waals surface area (Å²) in [6.07, 6.45) is 1.54. The summed E-state index contributed by atoms with van der Waals surface area (Å²) in [6.45, 7) is 3.02. The van der Waals surface area contributed by atoms with Crippen LogP contribution in [0.2, 0.25) is 0 Å². The van der Waals surface area contributed by atoms with Crippen LogP contribution >= 0.6 is 15.9 Å². The summed E-state index contributed by atoms with van der Waals surface area (Å²) in [5.74, 6) is 0.136. The number of rotatable bonds is 5. The van der Waals surface area contributed by atoms with E-state index >= 15 is 0 Å². The number of hydrogen-bond donors (Lipinski definition) is 1. The highest BCUT2D eigenvalue weighted by Crippen LogP contribution is 2.28. The molecule has 1 saturated heterocycles. The zero-order chi connectivity index (χ0) is 19.9. The third-order valence-electron chi connectivity index (χ3n) is 4.36. The fraction of sp³-hybridized carbons (Fsp3) is 0.238. The van der Waals surface area contributed by atoms with Crippen LogP contribution in [0.5, 0.6) is 5.75 Å². The zero-order valence-corrected chi connectivity index (χ0v) is 17.0. The second kappa shape index (κ2) is 9.40. The van der Waals surface area contributed by atoms with Crippen molar-refractivity contribution >= 4 is 39.3 Å². The number of carbonyl (C=O) groups excluding carboxylic acids is 1. The molecule has 28 heavy (non-hydrogen) atoms. The van der Waals surface area contributed by atoms with E-state index in [1.54, 1.807) is 19.2 Å². The Labute approximate surface area is 172 Å². The molecule has 1 heterocycles. The van der Waals surface area contributed by atoms with Crippen molar-refractivity contribution < 1.29 is 14.3 Å². The van der Waals surface area contributed by atoms with Gasteiger partial charge in [0.15, 0.2) is 0 Å². The second-order valence-corrected chi connectivity index (χ2v) is 7.07. The normalized spacial score (nSPS) is 14.3. The number of nitrogens with zero attached hydrogens (tertiary/aromatic N) is 2. The standard InChI is InChI=1S/C21H20BrN3O3/c1-27-20-13-19(25-8-10-28-11-9-25)7-2-15(20)12-16(14-23)21(26)24-18-5-3-17(22)4-6-18/h2-7,12-13H,8-11H2,1H3,(H,24,26)/b16-12-. The molecule has 0 aromatic heterocycles. The number of halogens is 1. The summed E-state index contributed by atoms with van der Waals surface area (Å²) in [4.78, 5) is 14.7. The van der Waals surface area contributed by atoms with Gasteiger partial charge in [-0.1, -0.05) is 15.9 Å². The van der Waals surface area contributed by atoms with Crippen molar-refractivity contribution in [2.24, 2.45) is 0 Å². The molecule has 2 aromatic rings. The van der Waals surface area contributed by atoms with Crippen LogP contribution in [-0.4, -0.2) is 39.3 Å². The minimum atomic E-state index is -0.468. The van der Waals surface area contributed by atoms with E-state index < -0.39 is 5.91 Å².